The number of benzene rings is 2. The summed E-state index contributed by atoms with van der Waals surface area (Å²) in [4.78, 5) is 14.8. The average Bonchev–Trinajstić information content (AvgIpc) is 2.85. The molecule has 0 aromatic heterocycles. The lowest BCUT2D eigenvalue weighted by Gasteiger charge is -2.51. The van der Waals surface area contributed by atoms with Gasteiger partial charge >= 0.3 is 6.18 Å². The molecular weight excluding hydrogens is 500 g/mol. The van der Waals surface area contributed by atoms with Crippen molar-refractivity contribution in [2.45, 2.75) is 37.0 Å². The molecule has 2 saturated heterocycles. The standard InChI is InChI=1S/C26H29ClF4N2O3/c1-35-22-15-19(28)6-7-20(22)21-16-32-11-8-24(21)9-12-33(13-10-24)23(34)25(36-2,26(29,30)31)17-4-3-5-18(27)14-17/h3-7,14-15,21,32H,8-13,16H2,1-2H3. The first-order chi connectivity index (χ1) is 17.1. The lowest BCUT2D eigenvalue weighted by atomic mass is 9.62. The molecule has 0 aliphatic carbocycles. The molecule has 1 spiro atoms. The largest absolute Gasteiger partial charge is 0.496 e. The van der Waals surface area contributed by atoms with E-state index in [2.05, 4.69) is 5.32 Å². The van der Waals surface area contributed by atoms with Crippen LogP contribution in [-0.2, 0) is 15.1 Å². The highest BCUT2D eigenvalue weighted by atomic mass is 35.5. The number of piperidine rings is 2. The average molecular weight is 529 g/mol. The van der Waals surface area contributed by atoms with Crippen molar-refractivity contribution in [3.63, 3.8) is 0 Å². The Morgan fingerprint density at radius 3 is 2.44 bits per heavy atom. The number of hydrogen-bond acceptors (Lipinski definition) is 4. The number of methoxy groups -OCH3 is 2. The summed E-state index contributed by atoms with van der Waals surface area (Å²) in [5, 5.41) is 3.45. The topological polar surface area (TPSA) is 50.8 Å². The Morgan fingerprint density at radius 1 is 1.11 bits per heavy atom. The van der Waals surface area contributed by atoms with Crippen LogP contribution in [-0.4, -0.2) is 57.4 Å². The maximum absolute atomic E-state index is 14.5. The molecule has 2 heterocycles. The van der Waals surface area contributed by atoms with Crippen LogP contribution in [0.2, 0.25) is 5.02 Å². The van der Waals surface area contributed by atoms with Crippen molar-refractivity contribution >= 4 is 17.5 Å². The highest BCUT2D eigenvalue weighted by molar-refractivity contribution is 6.30. The predicted octanol–water partition coefficient (Wildman–Crippen LogP) is 5.28. The van der Waals surface area contributed by atoms with E-state index in [1.807, 2.05) is 0 Å². The third kappa shape index (κ3) is 4.57. The minimum absolute atomic E-state index is 0.0400. The van der Waals surface area contributed by atoms with Gasteiger partial charge in [0.05, 0.1) is 7.11 Å². The molecule has 5 nitrogen and oxygen atoms in total. The number of likely N-dealkylation sites (tertiary alicyclic amines) is 1. The zero-order chi connectivity index (χ0) is 26.1. The van der Waals surface area contributed by atoms with Gasteiger partial charge in [0.15, 0.2) is 0 Å². The summed E-state index contributed by atoms with van der Waals surface area (Å²) in [6.45, 7) is 1.66. The molecule has 1 N–H and O–H groups in total. The Bertz CT molecular complexity index is 1100. The van der Waals surface area contributed by atoms with Crippen molar-refractivity contribution in [3.8, 4) is 5.75 Å². The Morgan fingerprint density at radius 2 is 1.83 bits per heavy atom. The summed E-state index contributed by atoms with van der Waals surface area (Å²) < 4.78 is 67.7. The van der Waals surface area contributed by atoms with Crippen LogP contribution in [0, 0.1) is 11.2 Å². The lowest BCUT2D eigenvalue weighted by molar-refractivity contribution is -0.271. The highest BCUT2D eigenvalue weighted by Gasteiger charge is 2.64. The first kappa shape index (κ1) is 26.7. The number of amides is 1. The second kappa shape index (κ2) is 10.2. The van der Waals surface area contributed by atoms with Gasteiger partial charge in [-0.3, -0.25) is 4.79 Å². The van der Waals surface area contributed by atoms with Gasteiger partial charge in [-0.05, 0) is 55.0 Å². The number of ether oxygens (including phenoxy) is 2. The molecule has 2 aromatic carbocycles. The first-order valence-corrected chi connectivity index (χ1v) is 12.2. The molecule has 36 heavy (non-hydrogen) atoms. The smallest absolute Gasteiger partial charge is 0.430 e. The normalized spacial score (nSPS) is 21.8. The lowest BCUT2D eigenvalue weighted by Crippen LogP contribution is -2.59. The Labute approximate surface area is 212 Å². The van der Waals surface area contributed by atoms with Gasteiger partial charge in [0, 0.05) is 49.3 Å². The monoisotopic (exact) mass is 528 g/mol. The van der Waals surface area contributed by atoms with E-state index in [1.54, 1.807) is 6.07 Å². The van der Waals surface area contributed by atoms with E-state index < -0.39 is 23.5 Å². The maximum Gasteiger partial charge on any atom is 0.430 e. The van der Waals surface area contributed by atoms with Crippen LogP contribution in [0.1, 0.15) is 36.3 Å². The maximum atomic E-state index is 14.5. The summed E-state index contributed by atoms with van der Waals surface area (Å²) >= 11 is 5.97. The van der Waals surface area contributed by atoms with Crippen molar-refractivity contribution in [1.82, 2.24) is 10.2 Å². The van der Waals surface area contributed by atoms with Gasteiger partial charge in [0.1, 0.15) is 11.6 Å². The van der Waals surface area contributed by atoms with Crippen molar-refractivity contribution in [2.75, 3.05) is 40.4 Å². The van der Waals surface area contributed by atoms with E-state index in [0.717, 1.165) is 31.7 Å². The quantitative estimate of drug-likeness (QED) is 0.537. The second-order valence-corrected chi connectivity index (χ2v) is 9.88. The fourth-order valence-electron chi connectivity index (χ4n) is 5.80. The molecule has 2 fully saturated rings. The number of rotatable bonds is 5. The van der Waals surface area contributed by atoms with Gasteiger partial charge in [0.25, 0.3) is 11.5 Å². The number of alkyl halides is 3. The van der Waals surface area contributed by atoms with E-state index >= 15 is 0 Å². The summed E-state index contributed by atoms with van der Waals surface area (Å²) in [7, 11) is 2.38. The molecule has 10 heteroatoms. The second-order valence-electron chi connectivity index (χ2n) is 9.44. The number of nitrogens with one attached hydrogen (secondary N) is 1. The van der Waals surface area contributed by atoms with Crippen LogP contribution in [0.5, 0.6) is 5.75 Å². The van der Waals surface area contributed by atoms with E-state index in [0.29, 0.717) is 25.1 Å². The Balaban J connectivity index is 1.63. The highest BCUT2D eigenvalue weighted by Crippen LogP contribution is 2.51. The van der Waals surface area contributed by atoms with Crippen LogP contribution in [0.4, 0.5) is 17.6 Å². The van der Waals surface area contributed by atoms with Crippen molar-refractivity contribution in [1.29, 1.82) is 0 Å². The van der Waals surface area contributed by atoms with E-state index in [-0.39, 0.29) is 35.0 Å². The van der Waals surface area contributed by atoms with Crippen LogP contribution >= 0.6 is 11.6 Å². The van der Waals surface area contributed by atoms with Crippen LogP contribution < -0.4 is 10.1 Å². The minimum Gasteiger partial charge on any atom is -0.496 e. The van der Waals surface area contributed by atoms with Crippen molar-refractivity contribution in [2.24, 2.45) is 5.41 Å². The van der Waals surface area contributed by atoms with Gasteiger partial charge in [-0.25, -0.2) is 4.39 Å². The first-order valence-electron chi connectivity index (χ1n) is 11.8. The van der Waals surface area contributed by atoms with Gasteiger partial charge < -0.3 is 19.7 Å². The third-order valence-electron chi connectivity index (χ3n) is 7.74. The van der Waals surface area contributed by atoms with E-state index in [4.69, 9.17) is 21.1 Å². The van der Waals surface area contributed by atoms with E-state index in [1.165, 1.54) is 42.3 Å². The Kier molecular flexibility index (Phi) is 7.55. The molecular formula is C26H29ClF4N2O3. The molecule has 2 aliphatic rings. The van der Waals surface area contributed by atoms with Crippen LogP contribution in [0.25, 0.3) is 0 Å². The fourth-order valence-corrected chi connectivity index (χ4v) is 5.99. The molecule has 2 unspecified atom stereocenters. The number of hydrogen-bond donors (Lipinski definition) is 1. The van der Waals surface area contributed by atoms with Gasteiger partial charge in [-0.1, -0.05) is 29.8 Å². The number of carbonyl (C=O) groups excluding carboxylic acids is 1. The number of carbonyl (C=O) groups is 1. The predicted molar refractivity (Wildman–Crippen MR) is 128 cm³/mol. The molecule has 0 bridgehead atoms. The van der Waals surface area contributed by atoms with Crippen LogP contribution in [0.3, 0.4) is 0 Å². The minimum atomic E-state index is -5.00. The summed E-state index contributed by atoms with van der Waals surface area (Å²) in [6.07, 6.45) is -3.22. The molecule has 1 amide bonds. The number of nitrogens with zero attached hydrogens (tertiary/aromatic N) is 1. The van der Waals surface area contributed by atoms with E-state index in [9.17, 15) is 22.4 Å². The molecule has 2 aromatic rings. The molecule has 2 aliphatic heterocycles. The Hall–Kier alpha value is -2.36. The summed E-state index contributed by atoms with van der Waals surface area (Å²) in [5.41, 5.74) is -2.93. The van der Waals surface area contributed by atoms with Crippen molar-refractivity contribution < 1.29 is 31.8 Å². The third-order valence-corrected chi connectivity index (χ3v) is 7.98. The summed E-state index contributed by atoms with van der Waals surface area (Å²) in [6, 6.07) is 9.58. The molecule has 4 rings (SSSR count). The molecule has 0 radical (unpaired) electrons. The molecule has 2 atom stereocenters. The molecule has 196 valence electrons. The zero-order valence-electron chi connectivity index (χ0n) is 20.1. The zero-order valence-corrected chi connectivity index (χ0v) is 20.9. The molecule has 0 saturated carbocycles. The summed E-state index contributed by atoms with van der Waals surface area (Å²) in [5.74, 6) is -1.16. The van der Waals surface area contributed by atoms with Gasteiger partial charge in [-0.15, -0.1) is 0 Å². The SMILES string of the molecule is COc1cc(F)ccc1C1CNCCC12CCN(C(=O)C(OC)(c1cccc(Cl)c1)C(F)(F)F)CC2. The van der Waals surface area contributed by atoms with Gasteiger partial charge in [0.2, 0.25) is 0 Å². The van der Waals surface area contributed by atoms with Crippen molar-refractivity contribution in [3.05, 3.63) is 64.4 Å². The van der Waals surface area contributed by atoms with Crippen LogP contribution in [0.15, 0.2) is 42.5 Å². The number of halogens is 5. The van der Waals surface area contributed by atoms with Gasteiger partial charge in [-0.2, -0.15) is 13.2 Å². The fraction of sp³-hybridized carbons (Fsp3) is 0.500.